The number of hydrogen-bond acceptors (Lipinski definition) is 3. The Balaban J connectivity index is 1.67. The van der Waals surface area contributed by atoms with E-state index in [9.17, 15) is 18.4 Å². The van der Waals surface area contributed by atoms with Gasteiger partial charge in [-0.05, 0) is 42.7 Å². The predicted molar refractivity (Wildman–Crippen MR) is 107 cm³/mol. The van der Waals surface area contributed by atoms with Crippen LogP contribution in [-0.4, -0.2) is 28.8 Å². The fourth-order valence-corrected chi connectivity index (χ4v) is 3.77. The minimum absolute atomic E-state index is 0.0159. The summed E-state index contributed by atoms with van der Waals surface area (Å²) in [6, 6.07) is 9.70. The monoisotopic (exact) mass is 401 g/mol. The molecule has 3 N–H and O–H groups in total. The molecule has 29 heavy (non-hydrogen) atoms. The molecule has 5 nitrogen and oxygen atoms in total. The normalized spacial score (nSPS) is 18.9. The van der Waals surface area contributed by atoms with Crippen LogP contribution in [0, 0.1) is 11.6 Å². The molecule has 2 aromatic carbocycles. The van der Waals surface area contributed by atoms with Crippen molar-refractivity contribution in [3.63, 3.8) is 0 Å². The summed E-state index contributed by atoms with van der Waals surface area (Å²) < 4.78 is 26.6. The number of nitrogens with zero attached hydrogens (tertiary/aromatic N) is 1. The number of carbonyl (C=O) groups excluding carboxylic acids is 2. The number of benzene rings is 2. The van der Waals surface area contributed by atoms with E-state index in [1.807, 2.05) is 17.0 Å². The fraction of sp³-hybridized carbons (Fsp3) is 0.364. The van der Waals surface area contributed by atoms with E-state index in [-0.39, 0.29) is 23.6 Å². The molecule has 0 aliphatic heterocycles. The lowest BCUT2D eigenvalue weighted by Crippen LogP contribution is -2.50. The number of halogens is 2. The van der Waals surface area contributed by atoms with Crippen molar-refractivity contribution in [1.82, 2.24) is 4.90 Å². The van der Waals surface area contributed by atoms with Gasteiger partial charge in [-0.2, -0.15) is 0 Å². The van der Waals surface area contributed by atoms with Crippen molar-refractivity contribution in [1.29, 1.82) is 0 Å². The molecule has 2 unspecified atom stereocenters. The number of nitrogens with two attached hydrogens (primary N) is 1. The van der Waals surface area contributed by atoms with Crippen LogP contribution in [0.25, 0.3) is 0 Å². The molecule has 1 fully saturated rings. The van der Waals surface area contributed by atoms with Crippen LogP contribution in [0.3, 0.4) is 0 Å². The first kappa shape index (κ1) is 20.9. The molecule has 1 aliphatic rings. The van der Waals surface area contributed by atoms with Crippen molar-refractivity contribution in [2.75, 3.05) is 5.32 Å². The highest BCUT2D eigenvalue weighted by Crippen LogP contribution is 2.24. The number of rotatable bonds is 5. The maximum Gasteiger partial charge on any atom is 0.255 e. The third-order valence-electron chi connectivity index (χ3n) is 5.28. The molecule has 7 heteroatoms. The lowest BCUT2D eigenvalue weighted by atomic mass is 9.89. The number of anilines is 1. The number of hydrogen-bond donors (Lipinski definition) is 2. The SMILES string of the molecule is CC(=O)N(Cc1ccc(NC(=O)c2cc(F)cc(F)c2)cc1)C1CCCCC1N. The minimum atomic E-state index is -0.809. The number of amides is 2. The molecule has 1 aliphatic carbocycles. The first-order valence-corrected chi connectivity index (χ1v) is 9.72. The first-order valence-electron chi connectivity index (χ1n) is 9.72. The minimum Gasteiger partial charge on any atom is -0.334 e. The molecule has 2 atom stereocenters. The van der Waals surface area contributed by atoms with Crippen molar-refractivity contribution >= 4 is 17.5 Å². The van der Waals surface area contributed by atoms with Gasteiger partial charge in [-0.1, -0.05) is 25.0 Å². The van der Waals surface area contributed by atoms with Crippen molar-refractivity contribution < 1.29 is 18.4 Å². The lowest BCUT2D eigenvalue weighted by Gasteiger charge is -2.38. The van der Waals surface area contributed by atoms with Gasteiger partial charge in [0.25, 0.3) is 5.91 Å². The zero-order valence-corrected chi connectivity index (χ0v) is 16.3. The summed E-state index contributed by atoms with van der Waals surface area (Å²) in [6.07, 6.45) is 3.97. The molecule has 154 valence electrons. The van der Waals surface area contributed by atoms with Gasteiger partial charge in [-0.3, -0.25) is 9.59 Å². The predicted octanol–water partition coefficient (Wildman–Crippen LogP) is 3.84. The second-order valence-electron chi connectivity index (χ2n) is 7.47. The Bertz CT molecular complexity index is 866. The summed E-state index contributed by atoms with van der Waals surface area (Å²) in [6.45, 7) is 1.99. The highest BCUT2D eigenvalue weighted by atomic mass is 19.1. The van der Waals surface area contributed by atoms with Crippen molar-refractivity contribution in [2.24, 2.45) is 5.73 Å². The van der Waals surface area contributed by atoms with Gasteiger partial charge in [0.15, 0.2) is 0 Å². The molecule has 3 rings (SSSR count). The van der Waals surface area contributed by atoms with Crippen molar-refractivity contribution in [3.05, 3.63) is 65.2 Å². The van der Waals surface area contributed by atoms with Gasteiger partial charge < -0.3 is 16.0 Å². The van der Waals surface area contributed by atoms with E-state index in [0.29, 0.717) is 18.3 Å². The maximum absolute atomic E-state index is 13.3. The summed E-state index contributed by atoms with van der Waals surface area (Å²) in [5.41, 5.74) is 7.54. The van der Waals surface area contributed by atoms with Crippen LogP contribution in [0.15, 0.2) is 42.5 Å². The van der Waals surface area contributed by atoms with E-state index < -0.39 is 17.5 Å². The summed E-state index contributed by atoms with van der Waals surface area (Å²) >= 11 is 0. The van der Waals surface area contributed by atoms with Crippen LogP contribution >= 0.6 is 0 Å². The zero-order chi connectivity index (χ0) is 21.0. The molecular formula is C22H25F2N3O2. The second kappa shape index (κ2) is 9.13. The van der Waals surface area contributed by atoms with Gasteiger partial charge in [0.05, 0.1) is 0 Å². The van der Waals surface area contributed by atoms with Crippen LogP contribution in [-0.2, 0) is 11.3 Å². The van der Waals surface area contributed by atoms with E-state index in [2.05, 4.69) is 5.32 Å². The highest BCUT2D eigenvalue weighted by molar-refractivity contribution is 6.04. The van der Waals surface area contributed by atoms with Gasteiger partial charge in [0.1, 0.15) is 11.6 Å². The number of nitrogens with one attached hydrogen (secondary N) is 1. The Morgan fingerprint density at radius 2 is 1.69 bits per heavy atom. The van der Waals surface area contributed by atoms with Gasteiger partial charge >= 0.3 is 0 Å². The Morgan fingerprint density at radius 1 is 1.07 bits per heavy atom. The second-order valence-corrected chi connectivity index (χ2v) is 7.47. The molecule has 2 amide bonds. The third-order valence-corrected chi connectivity index (χ3v) is 5.28. The molecule has 0 radical (unpaired) electrons. The third kappa shape index (κ3) is 5.38. The van der Waals surface area contributed by atoms with Crippen molar-refractivity contribution in [2.45, 2.75) is 51.2 Å². The summed E-state index contributed by atoms with van der Waals surface area (Å²) in [5, 5.41) is 2.61. The van der Waals surface area contributed by atoms with E-state index in [0.717, 1.165) is 43.4 Å². The van der Waals surface area contributed by atoms with Gasteiger partial charge in [-0.25, -0.2) is 8.78 Å². The molecule has 0 saturated heterocycles. The maximum atomic E-state index is 13.3. The number of carbonyl (C=O) groups is 2. The summed E-state index contributed by atoms with van der Waals surface area (Å²) in [7, 11) is 0. The largest absolute Gasteiger partial charge is 0.334 e. The van der Waals surface area contributed by atoms with E-state index >= 15 is 0 Å². The van der Waals surface area contributed by atoms with Crippen LogP contribution in [0.2, 0.25) is 0 Å². The van der Waals surface area contributed by atoms with Crippen LogP contribution in [0.1, 0.15) is 48.5 Å². The Kier molecular flexibility index (Phi) is 6.59. The van der Waals surface area contributed by atoms with Gasteiger partial charge in [0, 0.05) is 42.9 Å². The summed E-state index contributed by atoms with van der Waals surface area (Å²) in [4.78, 5) is 26.2. The fourth-order valence-electron chi connectivity index (χ4n) is 3.77. The van der Waals surface area contributed by atoms with E-state index in [1.165, 1.54) is 0 Å². The molecule has 0 spiro atoms. The average Bonchev–Trinajstić information content (AvgIpc) is 2.67. The Morgan fingerprint density at radius 3 is 2.28 bits per heavy atom. The zero-order valence-electron chi connectivity index (χ0n) is 16.3. The highest BCUT2D eigenvalue weighted by Gasteiger charge is 2.29. The van der Waals surface area contributed by atoms with Gasteiger partial charge in [-0.15, -0.1) is 0 Å². The van der Waals surface area contributed by atoms with E-state index in [4.69, 9.17) is 5.73 Å². The quantitative estimate of drug-likeness (QED) is 0.799. The molecule has 0 bridgehead atoms. The average molecular weight is 401 g/mol. The lowest BCUT2D eigenvalue weighted by molar-refractivity contribution is -0.133. The van der Waals surface area contributed by atoms with Crippen LogP contribution in [0.4, 0.5) is 14.5 Å². The molecule has 1 saturated carbocycles. The smallest absolute Gasteiger partial charge is 0.255 e. The van der Waals surface area contributed by atoms with Crippen LogP contribution < -0.4 is 11.1 Å². The van der Waals surface area contributed by atoms with Crippen molar-refractivity contribution in [3.8, 4) is 0 Å². The van der Waals surface area contributed by atoms with E-state index in [1.54, 1.807) is 19.1 Å². The first-order chi connectivity index (χ1) is 13.8. The molecule has 0 heterocycles. The van der Waals surface area contributed by atoms with Crippen LogP contribution in [0.5, 0.6) is 0 Å². The molecule has 2 aromatic rings. The Labute approximate surface area is 168 Å². The summed E-state index contributed by atoms with van der Waals surface area (Å²) in [5.74, 6) is -2.24. The Hall–Kier alpha value is -2.80. The molecule has 0 aromatic heterocycles. The topological polar surface area (TPSA) is 75.4 Å². The molecular weight excluding hydrogens is 376 g/mol. The van der Waals surface area contributed by atoms with Gasteiger partial charge in [0.2, 0.25) is 5.91 Å². The standard InChI is InChI=1S/C22H25F2N3O2/c1-14(28)27(21-5-3-2-4-20(21)25)13-15-6-8-19(9-7-15)26-22(29)16-10-17(23)12-18(24)11-16/h6-12,20-21H,2-5,13,25H2,1H3,(H,26,29).